The Hall–Kier alpha value is -8.44. The van der Waals surface area contributed by atoms with Gasteiger partial charge in [-0.1, -0.05) is 108 Å². The predicted octanol–water partition coefficient (Wildman–Crippen LogP) is 23.3. The molecule has 6 saturated carbocycles. The van der Waals surface area contributed by atoms with Crippen LogP contribution in [0.3, 0.4) is 0 Å². The molecule has 0 bridgehead atoms. The van der Waals surface area contributed by atoms with E-state index in [0.29, 0.717) is 84.0 Å². The number of carboxylic acids is 4. The fourth-order valence-corrected chi connectivity index (χ4v) is 21.3. The van der Waals surface area contributed by atoms with Crippen molar-refractivity contribution in [2.45, 2.75) is 316 Å². The van der Waals surface area contributed by atoms with Crippen LogP contribution < -0.4 is 19.6 Å². The Morgan fingerprint density at radius 3 is 1.09 bits per heavy atom. The summed E-state index contributed by atoms with van der Waals surface area (Å²) in [5.74, 6) is 24.4. The van der Waals surface area contributed by atoms with Crippen LogP contribution in [0, 0.1) is 138 Å². The van der Waals surface area contributed by atoms with Gasteiger partial charge in [0.25, 0.3) is 0 Å². The van der Waals surface area contributed by atoms with Gasteiger partial charge in [0.05, 0.1) is 84.0 Å². The summed E-state index contributed by atoms with van der Waals surface area (Å²) in [6, 6.07) is 7.19. The second-order valence-corrected chi connectivity index (χ2v) is 43.4. The third-order valence-electron chi connectivity index (χ3n) is 24.5. The van der Waals surface area contributed by atoms with Crippen molar-refractivity contribution < 1.29 is 72.8 Å². The van der Waals surface area contributed by atoms with Crippen molar-refractivity contribution >= 4 is 127 Å². The topological polar surface area (TPSA) is 288 Å². The summed E-state index contributed by atoms with van der Waals surface area (Å²) in [6.07, 6.45) is 22.5. The summed E-state index contributed by atoms with van der Waals surface area (Å²) >= 11 is 6.14. The first-order chi connectivity index (χ1) is 59.6. The van der Waals surface area contributed by atoms with Gasteiger partial charge in [-0.05, 0) is 271 Å². The molecule has 0 atom stereocenters. The number of carbonyl (C=O) groups is 8. The van der Waals surface area contributed by atoms with E-state index < -0.39 is 23.9 Å². The number of methoxy groups -OCH3 is 1. The van der Waals surface area contributed by atoms with Crippen LogP contribution in [0.5, 0.6) is 0 Å². The van der Waals surface area contributed by atoms with Crippen molar-refractivity contribution in [1.82, 2.24) is 10.1 Å². The number of ether oxygens (including phenoxy) is 2. The minimum absolute atomic E-state index is 0.00631. The zero-order valence-electron chi connectivity index (χ0n) is 77.6. The van der Waals surface area contributed by atoms with Crippen molar-refractivity contribution in [2.24, 2.45) is 70.0 Å². The van der Waals surface area contributed by atoms with Crippen LogP contribution in [0.2, 0.25) is 0 Å². The van der Waals surface area contributed by atoms with Crippen molar-refractivity contribution in [1.29, 1.82) is 0 Å². The van der Waals surface area contributed by atoms with Gasteiger partial charge in [0.2, 0.25) is 23.6 Å². The smallest absolute Gasteiger partial charge is 0.348 e. The molecule has 6 aromatic heterocycles. The van der Waals surface area contributed by atoms with E-state index in [9.17, 15) is 58.8 Å². The Balaban J connectivity index is 0.000000190. The molecule has 126 heavy (non-hydrogen) atoms. The first-order valence-corrected chi connectivity index (χ1v) is 49.6. The van der Waals surface area contributed by atoms with Crippen LogP contribution in [0.4, 0.5) is 22.7 Å². The molecule has 6 aliphatic rings. The summed E-state index contributed by atoms with van der Waals surface area (Å²) in [5, 5.41) is 46.5. The number of carbonyl (C=O) groups excluding carboxylic acids is 4. The van der Waals surface area contributed by atoms with Gasteiger partial charge in [0.15, 0.2) is 0 Å². The minimum atomic E-state index is -1.05. The molecule has 6 heterocycles. The number of nitrogens with zero attached hydrogens (tertiary/aromatic N) is 6. The molecule has 6 aromatic rings. The maximum atomic E-state index is 13.8. The van der Waals surface area contributed by atoms with Crippen LogP contribution >= 0.6 is 56.7 Å². The summed E-state index contributed by atoms with van der Waals surface area (Å²) in [5.41, 5.74) is 3.82. The first kappa shape index (κ1) is 101. The van der Waals surface area contributed by atoms with Crippen molar-refractivity contribution in [2.75, 3.05) is 33.3 Å². The Kier molecular flexibility index (Phi) is 37.6. The molecule has 0 aliphatic heterocycles. The summed E-state index contributed by atoms with van der Waals surface area (Å²) in [4.78, 5) is 118. The van der Waals surface area contributed by atoms with Gasteiger partial charge in [-0.3, -0.25) is 19.2 Å². The molecule has 4 N–H and O–H groups in total. The number of thiophene rings is 4. The molecule has 684 valence electrons. The minimum Gasteiger partial charge on any atom is -0.477 e. The summed E-state index contributed by atoms with van der Waals surface area (Å²) < 4.78 is 16.6. The molecule has 4 amide bonds. The van der Waals surface area contributed by atoms with E-state index in [4.69, 9.17) is 14.0 Å². The van der Waals surface area contributed by atoms with Crippen molar-refractivity contribution in [3.8, 4) is 47.4 Å². The fraction of sp³-hybridized carbons (Fsp3) is 0.620. The Bertz CT molecular complexity index is 4960. The molecule has 21 nitrogen and oxygen atoms in total. The lowest BCUT2D eigenvalue weighted by molar-refractivity contribution is -0.125. The maximum Gasteiger partial charge on any atom is 0.348 e. The first-order valence-electron chi connectivity index (χ1n) is 45.4. The monoisotopic (exact) mass is 1820 g/mol. The highest BCUT2D eigenvalue weighted by Gasteiger charge is 2.42. The van der Waals surface area contributed by atoms with E-state index in [1.165, 1.54) is 34.0 Å². The number of amides is 4. The molecule has 6 fully saturated rings. The number of aromatic carboxylic acids is 4. The van der Waals surface area contributed by atoms with Crippen LogP contribution in [0.15, 0.2) is 34.2 Å². The van der Waals surface area contributed by atoms with Crippen molar-refractivity contribution in [3.63, 3.8) is 0 Å². The molecule has 0 unspecified atom stereocenters. The third kappa shape index (κ3) is 29.0. The van der Waals surface area contributed by atoms with Gasteiger partial charge in [-0.25, -0.2) is 24.2 Å². The Morgan fingerprint density at radius 1 is 0.460 bits per heavy atom. The summed E-state index contributed by atoms with van der Waals surface area (Å²) in [6.45, 7) is 37.8. The van der Waals surface area contributed by atoms with Gasteiger partial charge in [-0.15, -0.1) is 56.7 Å². The van der Waals surface area contributed by atoms with Gasteiger partial charge in [0, 0.05) is 83.1 Å². The Morgan fingerprint density at radius 2 is 0.786 bits per heavy atom. The lowest BCUT2D eigenvalue weighted by atomic mass is 9.81. The normalized spacial score (nSPS) is 22.4. The van der Waals surface area contributed by atoms with E-state index in [2.05, 4.69) is 85.2 Å². The lowest BCUT2D eigenvalue weighted by Gasteiger charge is -2.39. The third-order valence-corrected chi connectivity index (χ3v) is 29.5. The zero-order chi connectivity index (χ0) is 92.2. The SMILES string of the molecule is CCOC1CCC(N(C(=O)C2CCC(C)CC2)c2cc(C#CC(C)C)sc2C(=O)O)CC1.COC1CCC(N(C(=O)C2CCC(C)CC2)c2cc(C#CC(C)C)sc2C(=O)O)CC1.Cc1nc(CN(C(=O)C2CCC(C)CC2)c2cc(C#CC(C)(C)C)sc2C(=O)O)cs1.Cc1noc(C)c1CN(C(=O)C1CCC(C)CC1)c1cc(C#CC(C)(C)C)sc1C(=O)O. The highest BCUT2D eigenvalue weighted by molar-refractivity contribution is 7.16. The number of carboxylic acid groups (broad SMARTS) is 4. The predicted molar refractivity (Wildman–Crippen MR) is 507 cm³/mol. The maximum absolute atomic E-state index is 13.8. The molecular formula is C100H134N6O15S5. The van der Waals surface area contributed by atoms with E-state index in [0.717, 1.165) is 193 Å². The number of aryl methyl sites for hydroxylation is 3. The van der Waals surface area contributed by atoms with Crippen molar-refractivity contribution in [3.05, 3.63) is 96.4 Å². The number of hydrogen-bond donors (Lipinski definition) is 4. The molecule has 12 rings (SSSR count). The molecule has 6 aliphatic carbocycles. The number of rotatable bonds is 21. The number of aromatic nitrogens is 2. The van der Waals surface area contributed by atoms with E-state index in [1.807, 2.05) is 124 Å². The Labute approximate surface area is 767 Å². The highest BCUT2D eigenvalue weighted by Crippen LogP contribution is 2.45. The molecule has 0 saturated heterocycles. The second kappa shape index (κ2) is 46.7. The number of thiazole rings is 1. The number of hydrogen-bond acceptors (Lipinski definition) is 18. The van der Waals surface area contributed by atoms with Gasteiger partial charge < -0.3 is 54.0 Å². The van der Waals surface area contributed by atoms with Crippen LogP contribution in [0.1, 0.15) is 344 Å². The zero-order valence-corrected chi connectivity index (χ0v) is 81.6. The summed E-state index contributed by atoms with van der Waals surface area (Å²) in [7, 11) is 1.73. The van der Waals surface area contributed by atoms with Crippen LogP contribution in [0.25, 0.3) is 0 Å². The quantitative estimate of drug-likeness (QED) is 0.0487. The largest absolute Gasteiger partial charge is 0.477 e. The molecule has 0 spiro atoms. The molecular weight excluding hydrogens is 1690 g/mol. The fourth-order valence-electron chi connectivity index (χ4n) is 17.3. The average molecular weight is 1820 g/mol. The van der Waals surface area contributed by atoms with Crippen LogP contribution in [-0.2, 0) is 41.7 Å². The number of anilines is 4. The van der Waals surface area contributed by atoms with E-state index in [-0.39, 0.29) is 127 Å². The van der Waals surface area contributed by atoms with Gasteiger partial charge >= 0.3 is 23.9 Å². The van der Waals surface area contributed by atoms with Gasteiger partial charge in [0.1, 0.15) is 25.3 Å². The van der Waals surface area contributed by atoms with E-state index in [1.54, 1.807) is 29.0 Å². The molecule has 0 aromatic carbocycles. The second-order valence-electron chi connectivity index (χ2n) is 38.2. The van der Waals surface area contributed by atoms with Crippen LogP contribution in [-0.4, -0.2) is 116 Å². The average Bonchev–Trinajstić information content (AvgIpc) is 1.56. The highest BCUT2D eigenvalue weighted by atomic mass is 32.1. The standard InChI is InChI=1S/C26H37NO4S.C25H32N2O4S.C25H35NO4S.C24H30N2O3S2/c1-5-31-21-13-11-20(12-14-21)27(25(28)19-9-7-18(4)8-10-19)23-16-22(15-6-17(2)3)32-24(23)26(29)30;1-15-7-9-18(10-8-15)23(28)27(14-20-16(2)26-31-17(20)3)21-13-19(11-12-25(4,5)6)32-22(21)24(29)30;1-16(2)5-14-21-15-22(23(31-21)25(28)29)26(19-10-12-20(30-4)13-11-19)24(27)18-8-6-17(3)7-9-18;1-15-6-8-17(9-7-15)22(27)26(13-18-14-30-16(2)25-18)20-12-19(10-11-24(3,4)5)31-21(20)23(28)29/h16-21H,5,7-14H2,1-4H3,(H,29,30);13,15,18H,7-10,14H2,1-6H3,(H,29,30);15-20H,6-13H2,1-4H3,(H,28,29);12,14-15,17H,6-9,13H2,1-5H3,(H,28,29). The lowest BCUT2D eigenvalue weighted by Crippen LogP contribution is -2.47. The van der Waals surface area contributed by atoms with E-state index >= 15 is 0 Å². The molecule has 26 heteroatoms. The van der Waals surface area contributed by atoms with Gasteiger partial charge in [-0.2, -0.15) is 0 Å². The molecule has 0 radical (unpaired) electrons.